The van der Waals surface area contributed by atoms with Crippen LogP contribution in [0.25, 0.3) is 0 Å². The molecular formula is C17H15BrClN3O5. The van der Waals surface area contributed by atoms with Crippen LogP contribution in [-0.4, -0.2) is 30.3 Å². The number of carbonyl (C=O) groups excluding carboxylic acids is 1. The lowest BCUT2D eigenvalue weighted by Gasteiger charge is -2.08. The zero-order valence-electron chi connectivity index (χ0n) is 14.4. The van der Waals surface area contributed by atoms with Gasteiger partial charge in [0.25, 0.3) is 5.91 Å². The minimum Gasteiger partial charge on any atom is -0.490 e. The lowest BCUT2D eigenvalue weighted by atomic mass is 10.1. The first-order chi connectivity index (χ1) is 12.8. The summed E-state index contributed by atoms with van der Waals surface area (Å²) >= 11 is 9.13. The van der Waals surface area contributed by atoms with E-state index in [4.69, 9.17) is 21.1 Å². The van der Waals surface area contributed by atoms with Crippen molar-refractivity contribution in [2.75, 3.05) is 13.7 Å². The summed E-state index contributed by atoms with van der Waals surface area (Å²) in [5, 5.41) is 15.6. The number of nitro benzene ring substituents is 1. The molecular weight excluding hydrogens is 442 g/mol. The Labute approximate surface area is 168 Å². The molecule has 27 heavy (non-hydrogen) atoms. The van der Waals surface area contributed by atoms with E-state index in [9.17, 15) is 14.9 Å². The number of carbonyl (C=O) groups is 1. The molecule has 10 heteroatoms. The zero-order chi connectivity index (χ0) is 20.0. The van der Waals surface area contributed by atoms with Crippen molar-refractivity contribution >= 4 is 44.8 Å². The number of nitro groups is 1. The summed E-state index contributed by atoms with van der Waals surface area (Å²) in [5.74, 6) is 0.114. The molecule has 0 unspecified atom stereocenters. The number of hydrazone groups is 1. The molecule has 0 saturated heterocycles. The van der Waals surface area contributed by atoms with Crippen LogP contribution in [0, 0.1) is 10.1 Å². The summed E-state index contributed by atoms with van der Waals surface area (Å²) in [4.78, 5) is 22.4. The number of nitrogens with zero attached hydrogens (tertiary/aromatic N) is 2. The lowest BCUT2D eigenvalue weighted by Crippen LogP contribution is -2.25. The summed E-state index contributed by atoms with van der Waals surface area (Å²) in [7, 11) is 1.35. The molecule has 0 fully saturated rings. The van der Waals surface area contributed by atoms with Crippen molar-refractivity contribution in [3.8, 4) is 11.5 Å². The second-order valence-corrected chi connectivity index (χ2v) is 6.53. The highest BCUT2D eigenvalue weighted by atomic mass is 79.9. The van der Waals surface area contributed by atoms with Crippen LogP contribution >= 0.6 is 27.5 Å². The van der Waals surface area contributed by atoms with Gasteiger partial charge in [-0.2, -0.15) is 5.10 Å². The van der Waals surface area contributed by atoms with Crippen molar-refractivity contribution in [1.29, 1.82) is 0 Å². The molecule has 2 aromatic rings. The Bertz CT molecular complexity index is 904. The van der Waals surface area contributed by atoms with Gasteiger partial charge < -0.3 is 9.47 Å². The smallest absolute Gasteiger partial charge is 0.311 e. The molecule has 0 aromatic heterocycles. The Morgan fingerprint density at radius 2 is 2.00 bits per heavy atom. The van der Waals surface area contributed by atoms with Crippen molar-refractivity contribution in [1.82, 2.24) is 5.43 Å². The summed E-state index contributed by atoms with van der Waals surface area (Å²) in [5.41, 5.74) is 3.02. The van der Waals surface area contributed by atoms with E-state index in [-0.39, 0.29) is 18.0 Å². The monoisotopic (exact) mass is 455 g/mol. The molecule has 0 saturated carbocycles. The van der Waals surface area contributed by atoms with Crippen LogP contribution in [0.2, 0.25) is 5.02 Å². The second-order valence-electron chi connectivity index (χ2n) is 5.24. The molecule has 0 heterocycles. The number of benzene rings is 2. The van der Waals surface area contributed by atoms with E-state index in [1.54, 1.807) is 31.2 Å². The van der Waals surface area contributed by atoms with E-state index >= 15 is 0 Å². The van der Waals surface area contributed by atoms with E-state index in [2.05, 4.69) is 26.5 Å². The summed E-state index contributed by atoms with van der Waals surface area (Å²) in [6.07, 6.45) is 0. The van der Waals surface area contributed by atoms with Crippen LogP contribution < -0.4 is 14.9 Å². The Balaban J connectivity index is 2.01. The number of rotatable bonds is 7. The van der Waals surface area contributed by atoms with E-state index < -0.39 is 10.8 Å². The Kier molecular flexibility index (Phi) is 7.14. The first kappa shape index (κ1) is 20.7. The van der Waals surface area contributed by atoms with Gasteiger partial charge in [-0.3, -0.25) is 14.9 Å². The van der Waals surface area contributed by atoms with Crippen LogP contribution in [0.4, 0.5) is 5.69 Å². The Morgan fingerprint density at radius 3 is 2.63 bits per heavy atom. The molecule has 0 aliphatic heterocycles. The predicted octanol–water partition coefficient (Wildman–Crippen LogP) is 3.94. The van der Waals surface area contributed by atoms with E-state index in [0.29, 0.717) is 26.5 Å². The van der Waals surface area contributed by atoms with Crippen molar-refractivity contribution in [3.63, 3.8) is 0 Å². The molecule has 0 radical (unpaired) electrons. The number of nitrogens with one attached hydrogen (secondary N) is 1. The first-order valence-corrected chi connectivity index (χ1v) is 8.72. The molecule has 0 spiro atoms. The van der Waals surface area contributed by atoms with Gasteiger partial charge in [0.2, 0.25) is 0 Å². The zero-order valence-corrected chi connectivity index (χ0v) is 16.7. The maximum atomic E-state index is 11.9. The van der Waals surface area contributed by atoms with Gasteiger partial charge in [-0.25, -0.2) is 5.43 Å². The first-order valence-electron chi connectivity index (χ1n) is 7.55. The molecule has 0 bridgehead atoms. The molecule has 142 valence electrons. The van der Waals surface area contributed by atoms with Gasteiger partial charge in [-0.15, -0.1) is 0 Å². The highest BCUT2D eigenvalue weighted by molar-refractivity contribution is 9.10. The predicted molar refractivity (Wildman–Crippen MR) is 105 cm³/mol. The quantitative estimate of drug-likeness (QED) is 0.386. The minimum absolute atomic E-state index is 0.141. The van der Waals surface area contributed by atoms with Gasteiger partial charge in [-0.05, 0) is 53.2 Å². The van der Waals surface area contributed by atoms with E-state index in [1.807, 2.05) is 0 Å². The maximum absolute atomic E-state index is 11.9. The molecule has 1 N–H and O–H groups in total. The van der Waals surface area contributed by atoms with Gasteiger partial charge in [0.05, 0.1) is 22.2 Å². The molecule has 0 atom stereocenters. The topological polar surface area (TPSA) is 103 Å². The Hall–Kier alpha value is -2.65. The van der Waals surface area contributed by atoms with Gasteiger partial charge in [0.1, 0.15) is 5.75 Å². The van der Waals surface area contributed by atoms with Crippen molar-refractivity contribution < 1.29 is 19.2 Å². The maximum Gasteiger partial charge on any atom is 0.311 e. The Morgan fingerprint density at radius 1 is 1.30 bits per heavy atom. The van der Waals surface area contributed by atoms with Gasteiger partial charge in [-0.1, -0.05) is 11.6 Å². The third-order valence-electron chi connectivity index (χ3n) is 3.39. The van der Waals surface area contributed by atoms with Crippen LogP contribution in [0.15, 0.2) is 46.0 Å². The molecule has 8 nitrogen and oxygen atoms in total. The van der Waals surface area contributed by atoms with Crippen molar-refractivity contribution in [3.05, 3.63) is 61.6 Å². The molecule has 0 aliphatic rings. The largest absolute Gasteiger partial charge is 0.490 e. The minimum atomic E-state index is -0.550. The third kappa shape index (κ3) is 5.66. The number of amides is 1. The van der Waals surface area contributed by atoms with Gasteiger partial charge >= 0.3 is 5.69 Å². The van der Waals surface area contributed by atoms with Crippen molar-refractivity contribution in [2.24, 2.45) is 5.10 Å². The summed E-state index contributed by atoms with van der Waals surface area (Å²) < 4.78 is 10.9. The number of ether oxygens (including phenoxy) is 2. The standard InChI is InChI=1S/C17H15BrClN3O5/c1-10(11-3-5-16(26-2)14(7-11)22(24)25)20-21-17(23)9-27-15-6-4-12(19)8-13(15)18/h3-8H,9H2,1-2H3,(H,21,23). The molecule has 2 aromatic carbocycles. The van der Waals surface area contributed by atoms with Crippen LogP contribution in [0.3, 0.4) is 0 Å². The number of halogens is 2. The van der Waals surface area contributed by atoms with Crippen LogP contribution in [-0.2, 0) is 4.79 Å². The fourth-order valence-electron chi connectivity index (χ4n) is 2.04. The SMILES string of the molecule is COc1ccc(C(C)=NNC(=O)COc2ccc(Cl)cc2Br)cc1[N+](=O)[O-]. The molecule has 1 amide bonds. The highest BCUT2D eigenvalue weighted by Gasteiger charge is 2.16. The van der Waals surface area contributed by atoms with Crippen molar-refractivity contribution in [2.45, 2.75) is 6.92 Å². The third-order valence-corrected chi connectivity index (χ3v) is 4.25. The fraction of sp³-hybridized carbons (Fsp3) is 0.176. The molecule has 0 aliphatic carbocycles. The average molecular weight is 457 g/mol. The number of methoxy groups -OCH3 is 1. The van der Waals surface area contributed by atoms with E-state index in [1.165, 1.54) is 19.2 Å². The fourth-order valence-corrected chi connectivity index (χ4v) is 2.83. The average Bonchev–Trinajstić information content (AvgIpc) is 2.64. The lowest BCUT2D eigenvalue weighted by molar-refractivity contribution is -0.385. The number of hydrogen-bond acceptors (Lipinski definition) is 6. The summed E-state index contributed by atoms with van der Waals surface area (Å²) in [6, 6.07) is 9.32. The van der Waals surface area contributed by atoms with Gasteiger partial charge in [0, 0.05) is 16.7 Å². The van der Waals surface area contributed by atoms with Crippen LogP contribution in [0.5, 0.6) is 11.5 Å². The van der Waals surface area contributed by atoms with E-state index in [0.717, 1.165) is 0 Å². The number of hydrogen-bond donors (Lipinski definition) is 1. The molecule has 2 rings (SSSR count). The highest BCUT2D eigenvalue weighted by Crippen LogP contribution is 2.28. The summed E-state index contributed by atoms with van der Waals surface area (Å²) in [6.45, 7) is 1.35. The second kappa shape index (κ2) is 9.33. The van der Waals surface area contributed by atoms with Crippen LogP contribution in [0.1, 0.15) is 12.5 Å². The van der Waals surface area contributed by atoms with Gasteiger partial charge in [0.15, 0.2) is 12.4 Å². The normalized spacial score (nSPS) is 11.0.